The van der Waals surface area contributed by atoms with Gasteiger partial charge in [0.2, 0.25) is 0 Å². The van der Waals surface area contributed by atoms with Crippen molar-refractivity contribution in [1.82, 2.24) is 4.57 Å². The number of rotatable bonds is 8. The summed E-state index contributed by atoms with van der Waals surface area (Å²) in [5, 5.41) is 5.07. The third kappa shape index (κ3) is 6.63. The van der Waals surface area contributed by atoms with Crippen LogP contribution in [0.2, 0.25) is 0 Å². The first-order valence-electron chi connectivity index (χ1n) is 21.4. The van der Waals surface area contributed by atoms with Crippen molar-refractivity contribution in [3.8, 4) is 50.2 Å². The molecule has 1 aromatic heterocycles. The Hall–Kier alpha value is -7.94. The molecule has 0 N–H and O–H groups in total. The Morgan fingerprint density at radius 2 is 0.790 bits per heavy atom. The monoisotopic (exact) mass is 792 g/mol. The summed E-state index contributed by atoms with van der Waals surface area (Å²) in [4.78, 5) is 2.35. The number of hydrogen-bond donors (Lipinski definition) is 0. The molecule has 0 aliphatic carbocycles. The Morgan fingerprint density at radius 1 is 0.323 bits per heavy atom. The van der Waals surface area contributed by atoms with Crippen molar-refractivity contribution in [1.29, 1.82) is 0 Å². The van der Waals surface area contributed by atoms with Gasteiger partial charge in [0.25, 0.3) is 0 Å². The van der Waals surface area contributed by atoms with Gasteiger partial charge in [0.05, 0.1) is 11.0 Å². The second-order valence-electron chi connectivity index (χ2n) is 16.3. The predicted molar refractivity (Wildman–Crippen MR) is 264 cm³/mol. The Bertz CT molecular complexity index is 3280. The van der Waals surface area contributed by atoms with Crippen LogP contribution in [-0.2, 0) is 0 Å². The van der Waals surface area contributed by atoms with Crippen molar-refractivity contribution in [2.45, 2.75) is 13.8 Å². The van der Waals surface area contributed by atoms with Crippen LogP contribution >= 0.6 is 0 Å². The molecule has 0 bridgehead atoms. The van der Waals surface area contributed by atoms with E-state index in [2.05, 4.69) is 254 Å². The molecule has 0 saturated carbocycles. The topological polar surface area (TPSA) is 8.17 Å². The van der Waals surface area contributed by atoms with Gasteiger partial charge in [-0.2, -0.15) is 0 Å². The van der Waals surface area contributed by atoms with Gasteiger partial charge in [0.15, 0.2) is 0 Å². The molecular formula is C60H44N2. The van der Waals surface area contributed by atoms with E-state index in [4.69, 9.17) is 0 Å². The summed E-state index contributed by atoms with van der Waals surface area (Å²) in [6.45, 7) is 4.43. The summed E-state index contributed by atoms with van der Waals surface area (Å²) in [6, 6.07) is 83.9. The lowest BCUT2D eigenvalue weighted by Crippen LogP contribution is -2.09. The standard InChI is InChI=1S/C60H44N2/c1-41-13-11-14-42(2)59(41)50-30-37-57-56(40-50)60-55-22-10-9-19-48(55)29-38-58(60)62(57)54-21-12-20-49(39-54)47-27-35-53(36-28-47)61(51-31-23-45(24-32-51)43-15-5-3-6-16-43)52-33-25-46(26-34-52)44-17-7-4-8-18-44/h3-40H,1-2H3. The van der Waals surface area contributed by atoms with Gasteiger partial charge in [-0.1, -0.05) is 164 Å². The third-order valence-corrected chi connectivity index (χ3v) is 12.5. The van der Waals surface area contributed by atoms with Gasteiger partial charge in [0, 0.05) is 33.5 Å². The van der Waals surface area contributed by atoms with Crippen molar-refractivity contribution in [2.75, 3.05) is 4.90 Å². The van der Waals surface area contributed by atoms with E-state index in [-0.39, 0.29) is 0 Å². The number of benzene rings is 10. The summed E-state index contributed by atoms with van der Waals surface area (Å²) >= 11 is 0. The highest BCUT2D eigenvalue weighted by atomic mass is 15.1. The van der Waals surface area contributed by atoms with Gasteiger partial charge in [-0.3, -0.25) is 0 Å². The van der Waals surface area contributed by atoms with Crippen LogP contribution in [0.3, 0.4) is 0 Å². The first-order valence-corrected chi connectivity index (χ1v) is 21.4. The zero-order valence-corrected chi connectivity index (χ0v) is 34.8. The van der Waals surface area contributed by atoms with Gasteiger partial charge in [0.1, 0.15) is 0 Å². The normalized spacial score (nSPS) is 11.4. The van der Waals surface area contributed by atoms with E-state index in [1.54, 1.807) is 0 Å². The third-order valence-electron chi connectivity index (χ3n) is 12.5. The number of aromatic nitrogens is 1. The highest BCUT2D eigenvalue weighted by Gasteiger charge is 2.18. The molecule has 11 aromatic rings. The molecule has 2 nitrogen and oxygen atoms in total. The van der Waals surface area contributed by atoms with Crippen LogP contribution in [0.25, 0.3) is 82.8 Å². The smallest absolute Gasteiger partial charge is 0.0547 e. The first-order chi connectivity index (χ1) is 30.6. The number of anilines is 3. The van der Waals surface area contributed by atoms with Crippen LogP contribution in [0.4, 0.5) is 17.1 Å². The molecule has 0 amide bonds. The summed E-state index contributed by atoms with van der Waals surface area (Å²) in [6.07, 6.45) is 0. The Labute approximate surface area is 363 Å². The van der Waals surface area contributed by atoms with Gasteiger partial charge >= 0.3 is 0 Å². The Balaban J connectivity index is 0.993. The quantitative estimate of drug-likeness (QED) is 0.149. The highest BCUT2D eigenvalue weighted by Crippen LogP contribution is 2.41. The van der Waals surface area contributed by atoms with Crippen molar-refractivity contribution in [2.24, 2.45) is 0 Å². The molecule has 0 spiro atoms. The second kappa shape index (κ2) is 15.6. The minimum atomic E-state index is 1.10. The van der Waals surface area contributed by atoms with Crippen molar-refractivity contribution in [3.05, 3.63) is 242 Å². The molecule has 0 aliphatic rings. The Kier molecular flexibility index (Phi) is 9.32. The molecule has 10 aromatic carbocycles. The highest BCUT2D eigenvalue weighted by molar-refractivity contribution is 6.22. The molecule has 62 heavy (non-hydrogen) atoms. The summed E-state index contributed by atoms with van der Waals surface area (Å²) in [5.41, 5.74) is 19.1. The first kappa shape index (κ1) is 37.1. The summed E-state index contributed by atoms with van der Waals surface area (Å²) in [7, 11) is 0. The zero-order valence-electron chi connectivity index (χ0n) is 34.8. The van der Waals surface area contributed by atoms with Gasteiger partial charge in [-0.05, 0) is 147 Å². The lowest BCUT2D eigenvalue weighted by Gasteiger charge is -2.26. The molecule has 294 valence electrons. The van der Waals surface area contributed by atoms with Gasteiger partial charge < -0.3 is 9.47 Å². The van der Waals surface area contributed by atoms with Crippen LogP contribution in [0.1, 0.15) is 11.1 Å². The van der Waals surface area contributed by atoms with E-state index in [1.807, 2.05) is 0 Å². The molecule has 1 heterocycles. The van der Waals surface area contributed by atoms with E-state index in [1.165, 1.54) is 82.6 Å². The maximum absolute atomic E-state index is 2.45. The second-order valence-corrected chi connectivity index (χ2v) is 16.3. The number of fused-ring (bicyclic) bond motifs is 5. The largest absolute Gasteiger partial charge is 0.311 e. The molecule has 0 saturated heterocycles. The van der Waals surface area contributed by atoms with Crippen LogP contribution < -0.4 is 4.90 Å². The average molecular weight is 793 g/mol. The SMILES string of the molecule is Cc1cccc(C)c1-c1ccc2c(c1)c1c3ccccc3ccc1n2-c1cccc(-c2ccc(N(c3ccc(-c4ccccc4)cc3)c3ccc(-c4ccccc4)cc3)cc2)c1. The molecule has 0 aliphatic heterocycles. The Morgan fingerprint density at radius 3 is 1.39 bits per heavy atom. The number of nitrogens with zero attached hydrogens (tertiary/aromatic N) is 2. The molecule has 2 heteroatoms. The molecule has 0 fully saturated rings. The molecule has 0 atom stereocenters. The van der Waals surface area contributed by atoms with E-state index < -0.39 is 0 Å². The van der Waals surface area contributed by atoms with E-state index in [9.17, 15) is 0 Å². The fourth-order valence-electron chi connectivity index (χ4n) is 9.44. The van der Waals surface area contributed by atoms with Crippen LogP contribution in [-0.4, -0.2) is 4.57 Å². The molecule has 11 rings (SSSR count). The summed E-state index contributed by atoms with van der Waals surface area (Å²) in [5.74, 6) is 0. The maximum Gasteiger partial charge on any atom is 0.0547 e. The lowest BCUT2D eigenvalue weighted by atomic mass is 9.94. The fourth-order valence-corrected chi connectivity index (χ4v) is 9.44. The maximum atomic E-state index is 2.45. The fraction of sp³-hybridized carbons (Fsp3) is 0.0333. The molecule has 0 radical (unpaired) electrons. The number of aryl methyl sites for hydroxylation is 2. The summed E-state index contributed by atoms with van der Waals surface area (Å²) < 4.78 is 2.45. The predicted octanol–water partition coefficient (Wildman–Crippen LogP) is 16.7. The molecule has 0 unspecified atom stereocenters. The van der Waals surface area contributed by atoms with Gasteiger partial charge in [-0.25, -0.2) is 0 Å². The minimum absolute atomic E-state index is 1.10. The number of hydrogen-bond acceptors (Lipinski definition) is 1. The van der Waals surface area contributed by atoms with Crippen molar-refractivity contribution < 1.29 is 0 Å². The van der Waals surface area contributed by atoms with Crippen molar-refractivity contribution >= 4 is 49.6 Å². The van der Waals surface area contributed by atoms with E-state index in [0.29, 0.717) is 0 Å². The molecular weight excluding hydrogens is 749 g/mol. The van der Waals surface area contributed by atoms with Crippen LogP contribution in [0, 0.1) is 13.8 Å². The van der Waals surface area contributed by atoms with E-state index in [0.717, 1.165) is 28.3 Å². The minimum Gasteiger partial charge on any atom is -0.311 e. The van der Waals surface area contributed by atoms with Crippen LogP contribution in [0.15, 0.2) is 231 Å². The lowest BCUT2D eigenvalue weighted by molar-refractivity contribution is 1.18. The van der Waals surface area contributed by atoms with Crippen LogP contribution in [0.5, 0.6) is 0 Å². The van der Waals surface area contributed by atoms with Gasteiger partial charge in [-0.15, -0.1) is 0 Å². The van der Waals surface area contributed by atoms with E-state index >= 15 is 0 Å². The zero-order chi connectivity index (χ0) is 41.6. The average Bonchev–Trinajstić information content (AvgIpc) is 3.67. The van der Waals surface area contributed by atoms with Crippen molar-refractivity contribution in [3.63, 3.8) is 0 Å².